The Morgan fingerprint density at radius 2 is 1.83 bits per heavy atom. The molecule has 1 aromatic heterocycles. The number of aromatic hydroxyl groups is 3. The predicted octanol–water partition coefficient (Wildman–Crippen LogP) is 2.69. The van der Waals surface area contributed by atoms with Gasteiger partial charge in [-0.2, -0.15) is 0 Å². The maximum absolute atomic E-state index is 12.1. The maximum atomic E-state index is 12.1. The van der Waals surface area contributed by atoms with Crippen molar-refractivity contribution in [1.82, 2.24) is 9.88 Å². The van der Waals surface area contributed by atoms with E-state index in [2.05, 4.69) is 15.3 Å². The minimum atomic E-state index is -0.361. The number of hydrogen-bond donors (Lipinski definition) is 5. The van der Waals surface area contributed by atoms with Gasteiger partial charge in [0.15, 0.2) is 11.4 Å². The number of aromatic amines is 1. The predicted molar refractivity (Wildman–Crippen MR) is 92.0 cm³/mol. The number of phenols is 1. The lowest BCUT2D eigenvalue weighted by Gasteiger charge is -2.14. The van der Waals surface area contributed by atoms with E-state index in [0.717, 1.165) is 0 Å². The first-order valence-electron chi connectivity index (χ1n) is 7.18. The number of benzene rings is 1. The van der Waals surface area contributed by atoms with Gasteiger partial charge in [-0.3, -0.25) is 14.8 Å². The molecule has 0 saturated heterocycles. The SMILES string of the molecule is CC(C)=Nc1c(O)[nH]c(O)c1Nc1cccc(C(=O)N(C)C)c1O. The number of nitrogens with zero attached hydrogens (tertiary/aromatic N) is 2. The summed E-state index contributed by atoms with van der Waals surface area (Å²) in [6.07, 6.45) is 0. The molecule has 1 aromatic carbocycles. The zero-order valence-electron chi connectivity index (χ0n) is 13.9. The van der Waals surface area contributed by atoms with E-state index in [1.807, 2.05) is 0 Å². The second kappa shape index (κ2) is 6.53. The molecule has 5 N–H and O–H groups in total. The maximum Gasteiger partial charge on any atom is 0.257 e. The minimum absolute atomic E-state index is 0.0958. The number of amides is 1. The van der Waals surface area contributed by atoms with Crippen molar-refractivity contribution in [2.75, 3.05) is 19.4 Å². The van der Waals surface area contributed by atoms with Crippen LogP contribution in [0, 0.1) is 0 Å². The molecule has 0 aliphatic rings. The first kappa shape index (κ1) is 17.2. The van der Waals surface area contributed by atoms with Crippen LogP contribution in [0.4, 0.5) is 17.1 Å². The van der Waals surface area contributed by atoms with Crippen LogP contribution in [0.1, 0.15) is 24.2 Å². The van der Waals surface area contributed by atoms with Crippen LogP contribution < -0.4 is 5.32 Å². The van der Waals surface area contributed by atoms with Crippen LogP contribution in [0.5, 0.6) is 17.5 Å². The van der Waals surface area contributed by atoms with E-state index in [1.165, 1.54) is 17.0 Å². The third-order valence-corrected chi connectivity index (χ3v) is 3.20. The Morgan fingerprint density at radius 1 is 1.17 bits per heavy atom. The van der Waals surface area contributed by atoms with E-state index >= 15 is 0 Å². The van der Waals surface area contributed by atoms with Crippen molar-refractivity contribution in [3.63, 3.8) is 0 Å². The molecule has 0 saturated carbocycles. The average Bonchev–Trinajstić information content (AvgIpc) is 2.75. The normalized spacial score (nSPS) is 10.3. The highest BCUT2D eigenvalue weighted by Crippen LogP contribution is 2.44. The van der Waals surface area contributed by atoms with Crippen LogP contribution in [0.15, 0.2) is 23.2 Å². The summed E-state index contributed by atoms with van der Waals surface area (Å²) in [6.45, 7) is 3.47. The highest BCUT2D eigenvalue weighted by Gasteiger charge is 2.20. The number of nitrogens with one attached hydrogen (secondary N) is 2. The molecule has 0 atom stereocenters. The van der Waals surface area contributed by atoms with Crippen molar-refractivity contribution < 1.29 is 20.1 Å². The van der Waals surface area contributed by atoms with Gasteiger partial charge in [0.25, 0.3) is 5.91 Å². The van der Waals surface area contributed by atoms with E-state index < -0.39 is 0 Å². The summed E-state index contributed by atoms with van der Waals surface area (Å²) in [6, 6.07) is 4.63. The van der Waals surface area contributed by atoms with Gasteiger partial charge < -0.3 is 25.5 Å². The number of rotatable bonds is 4. The summed E-state index contributed by atoms with van der Waals surface area (Å²) in [7, 11) is 3.16. The van der Waals surface area contributed by atoms with Crippen LogP contribution in [0.25, 0.3) is 0 Å². The van der Waals surface area contributed by atoms with Gasteiger partial charge in [0.1, 0.15) is 5.69 Å². The number of hydrogen-bond acceptors (Lipinski definition) is 6. The molecule has 8 nitrogen and oxygen atoms in total. The van der Waals surface area contributed by atoms with E-state index in [4.69, 9.17) is 0 Å². The molecule has 0 bridgehead atoms. The minimum Gasteiger partial charge on any atom is -0.505 e. The number of carbonyl (C=O) groups excluding carboxylic acids is 1. The van der Waals surface area contributed by atoms with Gasteiger partial charge in [0, 0.05) is 19.8 Å². The molecule has 1 heterocycles. The van der Waals surface area contributed by atoms with Crippen molar-refractivity contribution in [3.8, 4) is 17.5 Å². The van der Waals surface area contributed by atoms with E-state index in [-0.39, 0.29) is 46.0 Å². The highest BCUT2D eigenvalue weighted by molar-refractivity contribution is 5.99. The van der Waals surface area contributed by atoms with Gasteiger partial charge in [-0.1, -0.05) is 6.07 Å². The monoisotopic (exact) mass is 332 g/mol. The molecule has 0 unspecified atom stereocenters. The van der Waals surface area contributed by atoms with Crippen molar-refractivity contribution in [2.24, 2.45) is 4.99 Å². The molecule has 0 spiro atoms. The van der Waals surface area contributed by atoms with Gasteiger partial charge in [-0.15, -0.1) is 0 Å². The summed E-state index contributed by atoms with van der Waals surface area (Å²) >= 11 is 0. The second-order valence-electron chi connectivity index (χ2n) is 5.63. The highest BCUT2D eigenvalue weighted by atomic mass is 16.3. The Labute approximate surface area is 139 Å². The zero-order valence-corrected chi connectivity index (χ0v) is 13.9. The number of anilines is 2. The number of aromatic nitrogens is 1. The Balaban J connectivity index is 2.49. The Kier molecular flexibility index (Phi) is 4.68. The lowest BCUT2D eigenvalue weighted by molar-refractivity contribution is 0.0824. The molecule has 128 valence electrons. The van der Waals surface area contributed by atoms with Crippen LogP contribution >= 0.6 is 0 Å². The van der Waals surface area contributed by atoms with Crippen LogP contribution in [0.2, 0.25) is 0 Å². The average molecular weight is 332 g/mol. The molecule has 1 amide bonds. The second-order valence-corrected chi connectivity index (χ2v) is 5.63. The first-order valence-corrected chi connectivity index (χ1v) is 7.18. The molecule has 8 heteroatoms. The molecule has 0 fully saturated rings. The first-order chi connectivity index (χ1) is 11.2. The van der Waals surface area contributed by atoms with Crippen LogP contribution in [-0.4, -0.2) is 50.9 Å². The van der Waals surface area contributed by atoms with E-state index in [0.29, 0.717) is 5.71 Å². The summed E-state index contributed by atoms with van der Waals surface area (Å²) in [5.41, 5.74) is 1.17. The van der Waals surface area contributed by atoms with Crippen LogP contribution in [-0.2, 0) is 0 Å². The van der Waals surface area contributed by atoms with Gasteiger partial charge in [-0.05, 0) is 26.0 Å². The summed E-state index contributed by atoms with van der Waals surface area (Å²) < 4.78 is 0. The topological polar surface area (TPSA) is 121 Å². The largest absolute Gasteiger partial charge is 0.505 e. The van der Waals surface area contributed by atoms with Gasteiger partial charge in [0.2, 0.25) is 11.8 Å². The number of H-pyrrole nitrogens is 1. The van der Waals surface area contributed by atoms with E-state index in [1.54, 1.807) is 34.0 Å². The quantitative estimate of drug-likeness (QED) is 0.435. The van der Waals surface area contributed by atoms with Crippen molar-refractivity contribution >= 4 is 28.7 Å². The molecular formula is C16H20N4O4. The molecule has 0 aliphatic heterocycles. The van der Waals surface area contributed by atoms with E-state index in [9.17, 15) is 20.1 Å². The van der Waals surface area contributed by atoms with Gasteiger partial charge in [-0.25, -0.2) is 0 Å². The number of carbonyl (C=O) groups is 1. The Hall–Kier alpha value is -3.16. The number of para-hydroxylation sites is 1. The Bertz CT molecular complexity index is 805. The van der Waals surface area contributed by atoms with Crippen LogP contribution in [0.3, 0.4) is 0 Å². The summed E-state index contributed by atoms with van der Waals surface area (Å²) in [5, 5.41) is 32.9. The number of aliphatic imine (C=N–C) groups is 1. The van der Waals surface area contributed by atoms with Gasteiger partial charge >= 0.3 is 0 Å². The fourth-order valence-electron chi connectivity index (χ4n) is 2.11. The van der Waals surface area contributed by atoms with Crippen molar-refractivity contribution in [3.05, 3.63) is 23.8 Å². The fraction of sp³-hybridized carbons (Fsp3) is 0.250. The third kappa shape index (κ3) is 3.27. The molecule has 24 heavy (non-hydrogen) atoms. The van der Waals surface area contributed by atoms with Gasteiger partial charge in [0.05, 0.1) is 11.3 Å². The van der Waals surface area contributed by atoms with Crippen molar-refractivity contribution in [1.29, 1.82) is 0 Å². The summed E-state index contributed by atoms with van der Waals surface area (Å²) in [5.74, 6) is -1.27. The lowest BCUT2D eigenvalue weighted by Crippen LogP contribution is -2.21. The zero-order chi connectivity index (χ0) is 18.0. The molecular weight excluding hydrogens is 312 g/mol. The molecule has 2 aromatic rings. The fourth-order valence-corrected chi connectivity index (χ4v) is 2.11. The van der Waals surface area contributed by atoms with Crippen molar-refractivity contribution in [2.45, 2.75) is 13.8 Å². The Morgan fingerprint density at radius 3 is 2.42 bits per heavy atom. The molecule has 0 radical (unpaired) electrons. The third-order valence-electron chi connectivity index (χ3n) is 3.20. The standard InChI is InChI=1S/C16H20N4O4/c1-8(2)17-11-12(15(23)19-14(11)22)18-10-7-5-6-9(13(10)21)16(24)20(3)4/h5-7,18-19,21-23H,1-4H3. The lowest BCUT2D eigenvalue weighted by atomic mass is 10.1. The summed E-state index contributed by atoms with van der Waals surface area (Å²) in [4.78, 5) is 19.9. The molecule has 2 rings (SSSR count). The molecule has 0 aliphatic carbocycles. The number of phenolic OH excluding ortho intramolecular Hbond substituents is 1. The smallest absolute Gasteiger partial charge is 0.257 e.